The molecule has 0 fully saturated rings. The fourth-order valence-corrected chi connectivity index (χ4v) is 2.81. The summed E-state index contributed by atoms with van der Waals surface area (Å²) in [5, 5.41) is 6.52. The second-order valence-corrected chi connectivity index (χ2v) is 5.55. The van der Waals surface area contributed by atoms with Gasteiger partial charge in [-0.1, -0.05) is 17.3 Å². The average Bonchev–Trinajstić information content (AvgIpc) is 2.84. The number of hydrogen-bond donors (Lipinski definition) is 0. The van der Waals surface area contributed by atoms with Gasteiger partial charge in [0.05, 0.1) is 19.8 Å². The molecule has 0 saturated heterocycles. The van der Waals surface area contributed by atoms with E-state index in [4.69, 9.17) is 9.47 Å². The molecular formula is C16H19BrN2O2S. The molecule has 0 bridgehead atoms. The lowest BCUT2D eigenvalue weighted by Gasteiger charge is -2.09. The van der Waals surface area contributed by atoms with Crippen LogP contribution in [-0.4, -0.2) is 19.3 Å². The highest BCUT2D eigenvalue weighted by Gasteiger charge is 2.14. The number of ether oxygens (including phenoxy) is 2. The number of hydrogen-bond acceptors (Lipinski definition) is 4. The predicted molar refractivity (Wildman–Crippen MR) is 85.7 cm³/mol. The van der Waals surface area contributed by atoms with Gasteiger partial charge in [-0.25, -0.2) is 0 Å². The van der Waals surface area contributed by atoms with E-state index in [0.717, 1.165) is 27.1 Å². The molecule has 0 aliphatic rings. The number of aryl methyl sites for hydroxylation is 1. The Morgan fingerprint density at radius 1 is 1.23 bits per heavy atom. The number of rotatable bonds is 6. The van der Waals surface area contributed by atoms with Crippen molar-refractivity contribution in [3.63, 3.8) is 0 Å². The Morgan fingerprint density at radius 3 is 2.41 bits per heavy atom. The summed E-state index contributed by atoms with van der Waals surface area (Å²) < 4.78 is 12.7. The largest absolute Gasteiger partial charge is 1.00 e. The first-order valence-corrected chi connectivity index (χ1v) is 7.38. The number of aromatic nitrogens is 2. The van der Waals surface area contributed by atoms with Crippen LogP contribution in [-0.2, 0) is 6.54 Å². The summed E-state index contributed by atoms with van der Waals surface area (Å²) in [5.74, 6) is 1.56. The van der Waals surface area contributed by atoms with Gasteiger partial charge in [0.2, 0.25) is 0 Å². The van der Waals surface area contributed by atoms with Gasteiger partial charge in [-0.05, 0) is 42.5 Å². The predicted octanol–water partition coefficient (Wildman–Crippen LogP) is 0.117. The summed E-state index contributed by atoms with van der Waals surface area (Å²) in [6.07, 6.45) is 5.85. The second kappa shape index (κ2) is 8.70. The third-order valence-corrected chi connectivity index (χ3v) is 3.86. The third kappa shape index (κ3) is 4.18. The van der Waals surface area contributed by atoms with Crippen LogP contribution in [0.5, 0.6) is 11.5 Å². The molecular weight excluding hydrogens is 364 g/mol. The Kier molecular flexibility index (Phi) is 7.27. The Labute approximate surface area is 145 Å². The standard InChI is InChI=1S/C16H19N2O2S.BrH/c1-5-11-18-16(21-12(2)17-18)10-9-13-14(19-3)7-6-8-15(13)20-4;/h5-10H,1,11H2,2-4H3;1H/q+1;/p-1/b10-9+;. The van der Waals surface area contributed by atoms with Crippen molar-refractivity contribution in [1.29, 1.82) is 0 Å². The van der Waals surface area contributed by atoms with E-state index in [1.807, 2.05) is 48.0 Å². The molecule has 0 aliphatic heterocycles. The highest BCUT2D eigenvalue weighted by molar-refractivity contribution is 7.11. The lowest BCUT2D eigenvalue weighted by molar-refractivity contribution is -0.741. The molecule has 22 heavy (non-hydrogen) atoms. The van der Waals surface area contributed by atoms with Crippen molar-refractivity contribution in [2.45, 2.75) is 13.5 Å². The zero-order valence-electron chi connectivity index (χ0n) is 12.9. The Hall–Kier alpha value is -1.66. The highest BCUT2D eigenvalue weighted by Crippen LogP contribution is 2.30. The first-order valence-electron chi connectivity index (χ1n) is 6.57. The summed E-state index contributed by atoms with van der Waals surface area (Å²) in [6.45, 7) is 6.44. The molecule has 0 spiro atoms. The van der Waals surface area contributed by atoms with E-state index in [2.05, 4.69) is 11.7 Å². The molecule has 0 saturated carbocycles. The third-order valence-electron chi connectivity index (χ3n) is 2.93. The number of benzene rings is 1. The minimum absolute atomic E-state index is 0. The minimum atomic E-state index is 0. The minimum Gasteiger partial charge on any atom is -1.00 e. The Bertz CT molecular complexity index is 646. The van der Waals surface area contributed by atoms with Crippen molar-refractivity contribution in [2.24, 2.45) is 0 Å². The number of methoxy groups -OCH3 is 2. The van der Waals surface area contributed by atoms with Crippen LogP contribution in [0.2, 0.25) is 0 Å². The van der Waals surface area contributed by atoms with Gasteiger partial charge in [-0.3, -0.25) is 0 Å². The van der Waals surface area contributed by atoms with Crippen LogP contribution >= 0.6 is 11.3 Å². The van der Waals surface area contributed by atoms with Crippen molar-refractivity contribution >= 4 is 23.5 Å². The molecule has 0 atom stereocenters. The molecule has 0 unspecified atom stereocenters. The summed E-state index contributed by atoms with van der Waals surface area (Å²) >= 11 is 1.64. The van der Waals surface area contributed by atoms with Gasteiger partial charge in [-0.15, -0.1) is 0 Å². The van der Waals surface area contributed by atoms with Crippen LogP contribution in [0.1, 0.15) is 15.6 Å². The summed E-state index contributed by atoms with van der Waals surface area (Å²) in [5.41, 5.74) is 0.915. The van der Waals surface area contributed by atoms with Crippen molar-refractivity contribution < 1.29 is 31.1 Å². The maximum absolute atomic E-state index is 5.39. The smallest absolute Gasteiger partial charge is 0.289 e. The van der Waals surface area contributed by atoms with Crippen LogP contribution in [0.15, 0.2) is 30.9 Å². The molecule has 0 amide bonds. The van der Waals surface area contributed by atoms with Gasteiger partial charge >= 0.3 is 0 Å². The first-order chi connectivity index (χ1) is 10.2. The lowest BCUT2D eigenvalue weighted by atomic mass is 10.1. The highest BCUT2D eigenvalue weighted by atomic mass is 79.9. The molecule has 0 aliphatic carbocycles. The summed E-state index contributed by atoms with van der Waals surface area (Å²) in [6, 6.07) is 5.74. The number of halogens is 1. The molecule has 1 aromatic carbocycles. The quantitative estimate of drug-likeness (QED) is 0.525. The zero-order chi connectivity index (χ0) is 15.2. The molecule has 1 heterocycles. The molecule has 6 heteroatoms. The van der Waals surface area contributed by atoms with E-state index < -0.39 is 0 Å². The van der Waals surface area contributed by atoms with E-state index in [1.165, 1.54) is 0 Å². The maximum Gasteiger partial charge on any atom is 0.289 e. The van der Waals surface area contributed by atoms with Gasteiger partial charge in [0.15, 0.2) is 11.6 Å². The monoisotopic (exact) mass is 382 g/mol. The molecule has 1 aromatic heterocycles. The Morgan fingerprint density at radius 2 is 1.86 bits per heavy atom. The molecule has 0 N–H and O–H groups in total. The van der Waals surface area contributed by atoms with E-state index in [9.17, 15) is 0 Å². The number of nitrogens with zero attached hydrogens (tertiary/aromatic N) is 2. The molecule has 0 radical (unpaired) electrons. The van der Waals surface area contributed by atoms with E-state index in [0.29, 0.717) is 6.54 Å². The fourth-order valence-electron chi connectivity index (χ4n) is 2.02. The topological polar surface area (TPSA) is 35.2 Å². The van der Waals surface area contributed by atoms with Crippen LogP contribution in [0.4, 0.5) is 0 Å². The van der Waals surface area contributed by atoms with E-state index >= 15 is 0 Å². The maximum atomic E-state index is 5.39. The van der Waals surface area contributed by atoms with Gasteiger partial charge < -0.3 is 26.5 Å². The van der Waals surface area contributed by atoms with E-state index in [-0.39, 0.29) is 17.0 Å². The van der Waals surface area contributed by atoms with Crippen LogP contribution in [0, 0.1) is 6.92 Å². The normalized spacial score (nSPS) is 10.3. The second-order valence-electron chi connectivity index (χ2n) is 4.34. The lowest BCUT2D eigenvalue weighted by Crippen LogP contribution is -3.00. The van der Waals surface area contributed by atoms with Gasteiger partial charge in [0.25, 0.3) is 5.01 Å². The number of allylic oxidation sites excluding steroid dienone is 1. The van der Waals surface area contributed by atoms with Gasteiger partial charge in [0, 0.05) is 11.2 Å². The molecule has 2 aromatic rings. The van der Waals surface area contributed by atoms with Crippen LogP contribution < -0.4 is 31.1 Å². The first kappa shape index (κ1) is 18.4. The fraction of sp³-hybridized carbons (Fsp3) is 0.250. The summed E-state index contributed by atoms with van der Waals surface area (Å²) in [7, 11) is 3.31. The van der Waals surface area contributed by atoms with Crippen LogP contribution in [0.25, 0.3) is 12.2 Å². The summed E-state index contributed by atoms with van der Waals surface area (Å²) in [4.78, 5) is 0. The molecule has 2 rings (SSSR count). The SMILES string of the molecule is C=CC[n+]1nc(C)sc1/C=C/c1c(OC)cccc1OC.[Br-]. The zero-order valence-corrected chi connectivity index (χ0v) is 15.3. The molecule has 118 valence electrons. The molecule has 4 nitrogen and oxygen atoms in total. The van der Waals surface area contributed by atoms with Gasteiger partial charge in [-0.2, -0.15) is 0 Å². The Balaban J connectivity index is 0.00000242. The van der Waals surface area contributed by atoms with Crippen molar-refractivity contribution in [2.75, 3.05) is 14.2 Å². The van der Waals surface area contributed by atoms with Gasteiger partial charge in [0.1, 0.15) is 11.5 Å². The average molecular weight is 383 g/mol. The van der Waals surface area contributed by atoms with Crippen molar-refractivity contribution in [1.82, 2.24) is 5.10 Å². The van der Waals surface area contributed by atoms with Crippen molar-refractivity contribution in [3.05, 3.63) is 46.4 Å². The van der Waals surface area contributed by atoms with Crippen LogP contribution in [0.3, 0.4) is 0 Å². The van der Waals surface area contributed by atoms with Crippen molar-refractivity contribution in [3.8, 4) is 11.5 Å². The van der Waals surface area contributed by atoms with E-state index in [1.54, 1.807) is 25.6 Å².